The predicted octanol–water partition coefficient (Wildman–Crippen LogP) is 2.13. The van der Waals surface area contributed by atoms with Gasteiger partial charge in [-0.25, -0.2) is 0 Å². The number of methoxy groups -OCH3 is 1. The minimum atomic E-state index is -0.355. The van der Waals surface area contributed by atoms with Gasteiger partial charge in [0.1, 0.15) is 0 Å². The minimum Gasteiger partial charge on any atom is -0.468 e. The Kier molecular flexibility index (Phi) is 3.26. The van der Waals surface area contributed by atoms with Crippen LogP contribution in [0, 0.1) is 0 Å². The maximum absolute atomic E-state index is 11.3. The van der Waals surface area contributed by atoms with Crippen molar-refractivity contribution in [2.45, 2.75) is 5.92 Å². The van der Waals surface area contributed by atoms with Gasteiger partial charge in [0, 0.05) is 0 Å². The van der Waals surface area contributed by atoms with E-state index in [1.807, 2.05) is 30.3 Å². The first kappa shape index (κ1) is 9.52. The van der Waals surface area contributed by atoms with Gasteiger partial charge in [0.2, 0.25) is 0 Å². The summed E-state index contributed by atoms with van der Waals surface area (Å²) in [7, 11) is 1.38. The normalized spacial score (nSPS) is 11.8. The highest BCUT2D eigenvalue weighted by Crippen LogP contribution is 2.17. The van der Waals surface area contributed by atoms with Crippen molar-refractivity contribution in [1.82, 2.24) is 0 Å². The minimum absolute atomic E-state index is 0.277. The van der Waals surface area contributed by atoms with Crippen molar-refractivity contribution in [1.29, 1.82) is 0 Å². The van der Waals surface area contributed by atoms with Crippen molar-refractivity contribution >= 4 is 5.97 Å². The first-order chi connectivity index (χ1) is 6.29. The molecule has 2 nitrogen and oxygen atoms in total. The van der Waals surface area contributed by atoms with Crippen molar-refractivity contribution in [3.8, 4) is 0 Å². The lowest BCUT2D eigenvalue weighted by molar-refractivity contribution is -0.141. The smallest absolute Gasteiger partial charge is 0.317 e. The number of ether oxygens (including phenoxy) is 1. The van der Waals surface area contributed by atoms with Crippen LogP contribution >= 0.6 is 0 Å². The molecule has 0 saturated heterocycles. The summed E-state index contributed by atoms with van der Waals surface area (Å²) in [6.07, 6.45) is 1.58. The van der Waals surface area contributed by atoms with E-state index in [0.717, 1.165) is 5.56 Å². The lowest BCUT2D eigenvalue weighted by atomic mass is 10.00. The summed E-state index contributed by atoms with van der Waals surface area (Å²) in [6.45, 7) is 3.61. The van der Waals surface area contributed by atoms with E-state index in [1.165, 1.54) is 7.11 Å². The Morgan fingerprint density at radius 3 is 2.54 bits per heavy atom. The number of hydrogen-bond donors (Lipinski definition) is 0. The Balaban J connectivity index is 2.91. The van der Waals surface area contributed by atoms with Gasteiger partial charge >= 0.3 is 5.97 Å². The van der Waals surface area contributed by atoms with Crippen LogP contribution in [0.15, 0.2) is 43.0 Å². The zero-order chi connectivity index (χ0) is 9.68. The van der Waals surface area contributed by atoms with E-state index in [-0.39, 0.29) is 11.9 Å². The second kappa shape index (κ2) is 4.45. The van der Waals surface area contributed by atoms with Gasteiger partial charge in [-0.2, -0.15) is 0 Å². The third-order valence-corrected chi connectivity index (χ3v) is 1.85. The van der Waals surface area contributed by atoms with Crippen LogP contribution in [0.4, 0.5) is 0 Å². The molecule has 0 bridgehead atoms. The third kappa shape index (κ3) is 2.18. The number of hydrogen-bond acceptors (Lipinski definition) is 2. The molecule has 68 valence electrons. The lowest BCUT2D eigenvalue weighted by Gasteiger charge is -2.09. The van der Waals surface area contributed by atoms with Crippen LogP contribution in [0.5, 0.6) is 0 Å². The molecule has 0 aliphatic heterocycles. The van der Waals surface area contributed by atoms with Crippen LogP contribution in [0.1, 0.15) is 11.5 Å². The Morgan fingerprint density at radius 2 is 2.08 bits per heavy atom. The largest absolute Gasteiger partial charge is 0.468 e. The highest BCUT2D eigenvalue weighted by atomic mass is 16.5. The first-order valence-corrected chi connectivity index (χ1v) is 4.05. The van der Waals surface area contributed by atoms with Crippen LogP contribution in [0.2, 0.25) is 0 Å². The molecule has 0 unspecified atom stereocenters. The molecular weight excluding hydrogens is 164 g/mol. The van der Waals surface area contributed by atoms with E-state index in [1.54, 1.807) is 6.08 Å². The molecule has 1 aromatic carbocycles. The van der Waals surface area contributed by atoms with E-state index < -0.39 is 0 Å². The molecule has 0 radical (unpaired) electrons. The molecule has 0 saturated carbocycles. The van der Waals surface area contributed by atoms with E-state index in [0.29, 0.717) is 0 Å². The second-order valence-corrected chi connectivity index (χ2v) is 2.65. The summed E-state index contributed by atoms with van der Waals surface area (Å²) in [6, 6.07) is 9.43. The molecular formula is C11H12O2. The molecule has 0 aromatic heterocycles. The van der Waals surface area contributed by atoms with E-state index in [4.69, 9.17) is 0 Å². The summed E-state index contributed by atoms with van der Waals surface area (Å²) in [5.74, 6) is -0.632. The van der Waals surface area contributed by atoms with Gasteiger partial charge in [-0.3, -0.25) is 4.79 Å². The molecule has 0 amide bonds. The van der Waals surface area contributed by atoms with Crippen LogP contribution in [-0.4, -0.2) is 13.1 Å². The maximum Gasteiger partial charge on any atom is 0.317 e. The Labute approximate surface area is 77.8 Å². The van der Waals surface area contributed by atoms with Crippen LogP contribution < -0.4 is 0 Å². The summed E-state index contributed by atoms with van der Waals surface area (Å²) in [5, 5.41) is 0. The van der Waals surface area contributed by atoms with Crippen LogP contribution in [0.3, 0.4) is 0 Å². The second-order valence-electron chi connectivity index (χ2n) is 2.65. The average Bonchev–Trinajstić information content (AvgIpc) is 2.20. The number of carbonyl (C=O) groups is 1. The van der Waals surface area contributed by atoms with E-state index >= 15 is 0 Å². The first-order valence-electron chi connectivity index (χ1n) is 4.05. The SMILES string of the molecule is C=C[C@H](C(=O)OC)c1ccccc1. The predicted molar refractivity (Wildman–Crippen MR) is 51.4 cm³/mol. The molecule has 2 heteroatoms. The van der Waals surface area contributed by atoms with Gasteiger partial charge < -0.3 is 4.74 Å². The maximum atomic E-state index is 11.3. The third-order valence-electron chi connectivity index (χ3n) is 1.85. The summed E-state index contributed by atoms with van der Waals surface area (Å²) in [5.41, 5.74) is 0.907. The number of esters is 1. The fraction of sp³-hybridized carbons (Fsp3) is 0.182. The van der Waals surface area contributed by atoms with Gasteiger partial charge in [0.05, 0.1) is 13.0 Å². The van der Waals surface area contributed by atoms with E-state index in [2.05, 4.69) is 11.3 Å². The monoisotopic (exact) mass is 176 g/mol. The zero-order valence-electron chi connectivity index (χ0n) is 7.57. The standard InChI is InChI=1S/C11H12O2/c1-3-10(11(12)13-2)9-7-5-4-6-8-9/h3-8,10H,1H2,2H3/t10-/m0/s1. The Hall–Kier alpha value is -1.57. The molecule has 13 heavy (non-hydrogen) atoms. The molecule has 0 heterocycles. The number of benzene rings is 1. The molecule has 0 spiro atoms. The molecule has 0 N–H and O–H groups in total. The van der Waals surface area contributed by atoms with Crippen molar-refractivity contribution in [2.24, 2.45) is 0 Å². The summed E-state index contributed by atoms with van der Waals surface area (Å²) in [4.78, 5) is 11.3. The van der Waals surface area contributed by atoms with Crippen molar-refractivity contribution in [3.63, 3.8) is 0 Å². The van der Waals surface area contributed by atoms with Crippen LogP contribution in [-0.2, 0) is 9.53 Å². The molecule has 1 atom stereocenters. The van der Waals surface area contributed by atoms with Crippen molar-refractivity contribution in [3.05, 3.63) is 48.6 Å². The quantitative estimate of drug-likeness (QED) is 0.521. The fourth-order valence-electron chi connectivity index (χ4n) is 1.16. The van der Waals surface area contributed by atoms with Crippen molar-refractivity contribution < 1.29 is 9.53 Å². The molecule has 0 aliphatic rings. The van der Waals surface area contributed by atoms with Gasteiger partial charge in [0.15, 0.2) is 0 Å². The van der Waals surface area contributed by atoms with Crippen molar-refractivity contribution in [2.75, 3.05) is 7.11 Å². The summed E-state index contributed by atoms with van der Waals surface area (Å²) < 4.78 is 4.65. The number of rotatable bonds is 3. The Bertz CT molecular complexity index is 290. The van der Waals surface area contributed by atoms with Gasteiger partial charge in [0.25, 0.3) is 0 Å². The van der Waals surface area contributed by atoms with Crippen LogP contribution in [0.25, 0.3) is 0 Å². The fourth-order valence-corrected chi connectivity index (χ4v) is 1.16. The van der Waals surface area contributed by atoms with E-state index in [9.17, 15) is 4.79 Å². The van der Waals surface area contributed by atoms with Gasteiger partial charge in [-0.05, 0) is 5.56 Å². The highest BCUT2D eigenvalue weighted by Gasteiger charge is 2.16. The van der Waals surface area contributed by atoms with Gasteiger partial charge in [-0.15, -0.1) is 6.58 Å². The molecule has 0 fully saturated rings. The zero-order valence-corrected chi connectivity index (χ0v) is 7.57. The topological polar surface area (TPSA) is 26.3 Å². The molecule has 1 rings (SSSR count). The Morgan fingerprint density at radius 1 is 1.46 bits per heavy atom. The molecule has 0 aliphatic carbocycles. The van der Waals surface area contributed by atoms with Gasteiger partial charge in [-0.1, -0.05) is 36.4 Å². The molecule has 1 aromatic rings. The summed E-state index contributed by atoms with van der Waals surface area (Å²) >= 11 is 0. The average molecular weight is 176 g/mol. The number of carbonyl (C=O) groups excluding carboxylic acids is 1. The highest BCUT2D eigenvalue weighted by molar-refractivity contribution is 5.80. The lowest BCUT2D eigenvalue weighted by Crippen LogP contribution is -2.11.